The summed E-state index contributed by atoms with van der Waals surface area (Å²) >= 11 is 0. The molecular formula is C29H34F4N2O. The number of rotatable bonds is 8. The van der Waals surface area contributed by atoms with E-state index < -0.39 is 17.6 Å². The lowest BCUT2D eigenvalue weighted by Gasteiger charge is -2.18. The van der Waals surface area contributed by atoms with E-state index in [1.54, 1.807) is 7.05 Å². The molecule has 0 saturated heterocycles. The molecule has 0 aromatic heterocycles. The lowest BCUT2D eigenvalue weighted by atomic mass is 10.1. The first-order valence-electron chi connectivity index (χ1n) is 11.6. The van der Waals surface area contributed by atoms with Gasteiger partial charge in [0.05, 0.1) is 12.0 Å². The Morgan fingerprint density at radius 2 is 1.50 bits per heavy atom. The fourth-order valence-electron chi connectivity index (χ4n) is 3.47. The molecule has 0 unspecified atom stereocenters. The lowest BCUT2D eigenvalue weighted by Crippen LogP contribution is -2.35. The van der Waals surface area contributed by atoms with Gasteiger partial charge < -0.3 is 10.2 Å². The van der Waals surface area contributed by atoms with Crippen LogP contribution in [-0.4, -0.2) is 37.5 Å². The van der Waals surface area contributed by atoms with Crippen molar-refractivity contribution in [3.05, 3.63) is 95.8 Å². The van der Waals surface area contributed by atoms with Gasteiger partial charge in [0.1, 0.15) is 5.82 Å². The van der Waals surface area contributed by atoms with E-state index in [9.17, 15) is 22.4 Å². The molecule has 1 saturated carbocycles. The molecule has 7 heteroatoms. The number of hydrogen-bond acceptors (Lipinski definition) is 2. The van der Waals surface area contributed by atoms with Crippen molar-refractivity contribution in [3.63, 3.8) is 0 Å². The molecule has 3 aromatic carbocycles. The van der Waals surface area contributed by atoms with Crippen LogP contribution in [0.25, 0.3) is 11.1 Å². The lowest BCUT2D eigenvalue weighted by molar-refractivity contribution is -0.140. The highest BCUT2D eigenvalue weighted by atomic mass is 19.4. The van der Waals surface area contributed by atoms with Crippen LogP contribution in [0.5, 0.6) is 0 Å². The third-order valence-corrected chi connectivity index (χ3v) is 5.75. The summed E-state index contributed by atoms with van der Waals surface area (Å²) in [6.07, 6.45) is -2.45. The van der Waals surface area contributed by atoms with E-state index in [4.69, 9.17) is 0 Å². The van der Waals surface area contributed by atoms with Crippen molar-refractivity contribution >= 4 is 5.91 Å². The molecule has 0 atom stereocenters. The average Bonchev–Trinajstić information content (AvgIpc) is 3.68. The van der Waals surface area contributed by atoms with E-state index in [1.165, 1.54) is 34.9 Å². The number of carbonyl (C=O) groups is 1. The van der Waals surface area contributed by atoms with Crippen molar-refractivity contribution in [3.8, 4) is 11.1 Å². The molecule has 0 radical (unpaired) electrons. The molecule has 0 spiro atoms. The summed E-state index contributed by atoms with van der Waals surface area (Å²) in [4.78, 5) is 13.5. The van der Waals surface area contributed by atoms with Crippen LogP contribution in [-0.2, 0) is 17.4 Å². The fourth-order valence-corrected chi connectivity index (χ4v) is 3.47. The van der Waals surface area contributed by atoms with Crippen molar-refractivity contribution in [1.29, 1.82) is 0 Å². The number of hydrogen-bond donors (Lipinski definition) is 1. The van der Waals surface area contributed by atoms with Gasteiger partial charge in [0.2, 0.25) is 5.91 Å². The maximum absolute atomic E-state index is 13.2. The summed E-state index contributed by atoms with van der Waals surface area (Å²) in [5.74, 6) is -0.875. The number of halogens is 4. The predicted octanol–water partition coefficient (Wildman–Crippen LogP) is 6.83. The van der Waals surface area contributed by atoms with Crippen LogP contribution in [0.3, 0.4) is 0 Å². The predicted molar refractivity (Wildman–Crippen MR) is 137 cm³/mol. The van der Waals surface area contributed by atoms with Crippen LogP contribution >= 0.6 is 0 Å². The van der Waals surface area contributed by atoms with Gasteiger partial charge >= 0.3 is 6.18 Å². The zero-order chi connectivity index (χ0) is 25.3. The average molecular weight is 503 g/mol. The van der Waals surface area contributed by atoms with Gasteiger partial charge in [-0.15, -0.1) is 0 Å². The molecule has 194 valence electrons. The van der Waals surface area contributed by atoms with Gasteiger partial charge in [-0.25, -0.2) is 4.39 Å². The van der Waals surface area contributed by atoms with E-state index in [0.717, 1.165) is 18.5 Å². The van der Waals surface area contributed by atoms with Crippen molar-refractivity contribution in [2.24, 2.45) is 5.92 Å². The summed E-state index contributed by atoms with van der Waals surface area (Å²) in [7, 11) is 1.61. The Morgan fingerprint density at radius 3 is 2.00 bits per heavy atom. The van der Waals surface area contributed by atoms with Gasteiger partial charge in [-0.3, -0.25) is 4.79 Å². The first-order chi connectivity index (χ1) is 16.7. The Bertz CT molecular complexity index is 1030. The van der Waals surface area contributed by atoms with Crippen LogP contribution in [0.1, 0.15) is 31.4 Å². The number of amides is 1. The zero-order valence-corrected chi connectivity index (χ0v) is 19.7. The Balaban J connectivity index is 0.000000294. The molecule has 1 N–H and O–H groups in total. The standard InChI is InChI=1S/C16H20F4N2O.C12H10.CH4/c1-22(7-6-21-10-11-2-3-11)15(23)9-12-4-5-14(17)13(8-12)16(18,19)20;1-3-7-11(8-4-1)12-9-5-2-6-10-12;/h4-5,8,11,21H,2-3,6-7,9-10H2,1H3;1-10H;1H4. The van der Waals surface area contributed by atoms with Gasteiger partial charge in [-0.1, -0.05) is 74.2 Å². The molecule has 1 fully saturated rings. The maximum Gasteiger partial charge on any atom is 0.419 e. The van der Waals surface area contributed by atoms with Crippen LogP contribution in [0.2, 0.25) is 0 Å². The summed E-state index contributed by atoms with van der Waals surface area (Å²) in [5, 5.41) is 3.24. The second kappa shape index (κ2) is 13.8. The van der Waals surface area contributed by atoms with Crippen LogP contribution in [0.15, 0.2) is 78.9 Å². The highest BCUT2D eigenvalue weighted by Crippen LogP contribution is 2.32. The minimum atomic E-state index is -4.76. The third-order valence-electron chi connectivity index (χ3n) is 5.75. The zero-order valence-electron chi connectivity index (χ0n) is 19.7. The van der Waals surface area contributed by atoms with E-state index >= 15 is 0 Å². The first-order valence-corrected chi connectivity index (χ1v) is 11.6. The van der Waals surface area contributed by atoms with Crippen LogP contribution in [0.4, 0.5) is 17.6 Å². The normalized spacial score (nSPS) is 12.7. The molecule has 4 rings (SSSR count). The third kappa shape index (κ3) is 9.46. The van der Waals surface area contributed by atoms with Gasteiger partial charge in [-0.2, -0.15) is 13.2 Å². The number of benzene rings is 3. The molecule has 3 aromatic rings. The van der Waals surface area contributed by atoms with E-state index in [0.29, 0.717) is 19.2 Å². The molecule has 1 aliphatic carbocycles. The number of alkyl halides is 3. The second-order valence-corrected chi connectivity index (χ2v) is 8.68. The highest BCUT2D eigenvalue weighted by Gasteiger charge is 2.34. The first kappa shape index (κ1) is 29.0. The van der Waals surface area contributed by atoms with Crippen molar-refractivity contribution in [2.75, 3.05) is 26.7 Å². The molecule has 3 nitrogen and oxygen atoms in total. The van der Waals surface area contributed by atoms with E-state index in [2.05, 4.69) is 53.8 Å². The largest absolute Gasteiger partial charge is 0.419 e. The topological polar surface area (TPSA) is 32.3 Å². The van der Waals surface area contributed by atoms with Crippen molar-refractivity contribution < 1.29 is 22.4 Å². The summed E-state index contributed by atoms with van der Waals surface area (Å²) in [5.41, 5.74) is 1.37. The monoisotopic (exact) mass is 502 g/mol. The molecule has 0 heterocycles. The fraction of sp³-hybridized carbons (Fsp3) is 0.345. The minimum absolute atomic E-state index is 0. The van der Waals surface area contributed by atoms with Crippen molar-refractivity contribution in [1.82, 2.24) is 10.2 Å². The molecule has 1 amide bonds. The van der Waals surface area contributed by atoms with Gasteiger partial charge in [0, 0.05) is 20.1 Å². The molecule has 36 heavy (non-hydrogen) atoms. The number of carbonyl (C=O) groups excluding carboxylic acids is 1. The Hall–Kier alpha value is -3.19. The number of nitrogens with zero attached hydrogens (tertiary/aromatic N) is 1. The van der Waals surface area contributed by atoms with Crippen molar-refractivity contribution in [2.45, 2.75) is 32.9 Å². The van der Waals surface area contributed by atoms with Gasteiger partial charge in [0.25, 0.3) is 0 Å². The number of nitrogens with one attached hydrogen (secondary N) is 1. The SMILES string of the molecule is C.CN(CCNCC1CC1)C(=O)Cc1ccc(F)c(C(F)(F)F)c1.c1ccc(-c2ccccc2)cc1. The van der Waals surface area contributed by atoms with Crippen LogP contribution in [0, 0.1) is 11.7 Å². The van der Waals surface area contributed by atoms with E-state index in [-0.39, 0.29) is 25.3 Å². The maximum atomic E-state index is 13.2. The molecule has 0 bridgehead atoms. The molecular weight excluding hydrogens is 468 g/mol. The van der Waals surface area contributed by atoms with Crippen LogP contribution < -0.4 is 5.32 Å². The van der Waals surface area contributed by atoms with Gasteiger partial charge in [-0.05, 0) is 54.1 Å². The summed E-state index contributed by atoms with van der Waals surface area (Å²) in [6, 6.07) is 23.4. The summed E-state index contributed by atoms with van der Waals surface area (Å²) < 4.78 is 51.2. The Morgan fingerprint density at radius 1 is 0.944 bits per heavy atom. The Labute approximate surface area is 211 Å². The smallest absolute Gasteiger partial charge is 0.344 e. The second-order valence-electron chi connectivity index (χ2n) is 8.68. The van der Waals surface area contributed by atoms with E-state index in [1.807, 2.05) is 12.1 Å². The quantitative estimate of drug-likeness (QED) is 0.270. The highest BCUT2D eigenvalue weighted by molar-refractivity contribution is 5.78. The van der Waals surface area contributed by atoms with Gasteiger partial charge in [0.15, 0.2) is 0 Å². The number of likely N-dealkylation sites (N-methyl/N-ethyl adjacent to an activating group) is 1. The minimum Gasteiger partial charge on any atom is -0.344 e. The molecule has 1 aliphatic rings. The molecule has 0 aliphatic heterocycles. The summed E-state index contributed by atoms with van der Waals surface area (Å²) in [6.45, 7) is 2.07. The Kier molecular flexibility index (Phi) is 11.1.